The van der Waals surface area contributed by atoms with Gasteiger partial charge in [0, 0.05) is 25.9 Å². The normalized spacial score (nSPS) is 22.7. The summed E-state index contributed by atoms with van der Waals surface area (Å²) in [6, 6.07) is 7.67. The number of piperidine rings is 1. The van der Waals surface area contributed by atoms with Crippen LogP contribution in [0.2, 0.25) is 0 Å². The monoisotopic (exact) mass is 351 g/mol. The number of aromatic amines is 1. The highest BCUT2D eigenvalue weighted by molar-refractivity contribution is 7.88. The molecule has 1 fully saturated rings. The van der Waals surface area contributed by atoms with Crippen LogP contribution in [0.15, 0.2) is 24.3 Å². The molecule has 130 valence electrons. The van der Waals surface area contributed by atoms with Gasteiger partial charge < -0.3 is 10.1 Å². The topological polar surface area (TPSA) is 103 Å². The summed E-state index contributed by atoms with van der Waals surface area (Å²) in [6.07, 6.45) is 2.36. The van der Waals surface area contributed by atoms with Crippen molar-refractivity contribution in [2.75, 3.05) is 19.3 Å². The fourth-order valence-electron chi connectivity index (χ4n) is 3.42. The van der Waals surface area contributed by atoms with Crippen molar-refractivity contribution in [3.05, 3.63) is 30.1 Å². The van der Waals surface area contributed by atoms with Crippen LogP contribution in [0, 0.1) is 11.8 Å². The number of carboxylic acids is 1. The zero-order valence-electron chi connectivity index (χ0n) is 13.5. The number of fused-ring (bicyclic) bond motifs is 1. The number of sulfonamides is 1. The molecule has 1 aromatic heterocycles. The second kappa shape index (κ2) is 6.52. The number of hydrogen-bond donors (Lipinski definition) is 2. The molecule has 3 rings (SSSR count). The standard InChI is InChI=1S/C16H21N3O4S/c1-24(22,23)19-7-6-11(9-16(20)21)12(10-19)8-15-17-13-4-2-3-5-14(13)18-15/h2-5,11-12H,6-10H2,1H3,(H,17,18)(H,20,21)/t11-,12-/m0/s1. The Labute approximate surface area is 140 Å². The van der Waals surface area contributed by atoms with Crippen LogP contribution < -0.4 is 0 Å². The molecule has 0 saturated carbocycles. The molecule has 1 aromatic carbocycles. The molecule has 2 N–H and O–H groups in total. The fourth-order valence-corrected chi connectivity index (χ4v) is 4.32. The number of carboxylic acid groups (broad SMARTS) is 1. The van der Waals surface area contributed by atoms with Gasteiger partial charge in [0.1, 0.15) is 5.82 Å². The largest absolute Gasteiger partial charge is 0.481 e. The zero-order chi connectivity index (χ0) is 17.3. The third kappa shape index (κ3) is 3.76. The number of nitrogens with zero attached hydrogens (tertiary/aromatic N) is 2. The first kappa shape index (κ1) is 16.9. The molecule has 0 spiro atoms. The Balaban J connectivity index is 1.82. The van der Waals surface area contributed by atoms with Crippen molar-refractivity contribution in [1.29, 1.82) is 0 Å². The highest BCUT2D eigenvalue weighted by atomic mass is 32.2. The van der Waals surface area contributed by atoms with Crippen LogP contribution in [0.25, 0.3) is 11.0 Å². The average molecular weight is 351 g/mol. The molecule has 2 heterocycles. The van der Waals surface area contributed by atoms with E-state index >= 15 is 0 Å². The lowest BCUT2D eigenvalue weighted by molar-refractivity contribution is -0.138. The molecule has 1 aliphatic rings. The predicted octanol–water partition coefficient (Wildman–Crippen LogP) is 1.48. The summed E-state index contributed by atoms with van der Waals surface area (Å²) >= 11 is 0. The molecular formula is C16H21N3O4S. The van der Waals surface area contributed by atoms with Gasteiger partial charge in [-0.2, -0.15) is 0 Å². The third-order valence-corrected chi connectivity index (χ3v) is 5.92. The van der Waals surface area contributed by atoms with E-state index in [4.69, 9.17) is 5.11 Å². The van der Waals surface area contributed by atoms with Crippen LogP contribution in [-0.4, -0.2) is 53.1 Å². The Hall–Kier alpha value is -1.93. The summed E-state index contributed by atoms with van der Waals surface area (Å²) in [5.74, 6) is -0.187. The van der Waals surface area contributed by atoms with Crippen LogP contribution in [0.1, 0.15) is 18.7 Å². The average Bonchev–Trinajstić information content (AvgIpc) is 2.89. The highest BCUT2D eigenvalue weighted by Gasteiger charge is 2.34. The first-order valence-electron chi connectivity index (χ1n) is 7.93. The third-order valence-electron chi connectivity index (χ3n) is 4.65. The van der Waals surface area contributed by atoms with Crippen molar-refractivity contribution in [2.45, 2.75) is 19.3 Å². The molecule has 7 nitrogen and oxygen atoms in total. The van der Waals surface area contributed by atoms with Crippen LogP contribution >= 0.6 is 0 Å². The van der Waals surface area contributed by atoms with Gasteiger partial charge in [0.05, 0.1) is 17.3 Å². The summed E-state index contributed by atoms with van der Waals surface area (Å²) in [5.41, 5.74) is 1.79. The minimum Gasteiger partial charge on any atom is -0.481 e. The molecule has 24 heavy (non-hydrogen) atoms. The van der Waals surface area contributed by atoms with Crippen LogP contribution in [0.5, 0.6) is 0 Å². The predicted molar refractivity (Wildman–Crippen MR) is 90.1 cm³/mol. The first-order chi connectivity index (χ1) is 11.3. The van der Waals surface area contributed by atoms with Crippen LogP contribution in [0.4, 0.5) is 0 Å². The van der Waals surface area contributed by atoms with Crippen LogP contribution in [0.3, 0.4) is 0 Å². The fraction of sp³-hybridized carbons (Fsp3) is 0.500. The molecule has 0 bridgehead atoms. The summed E-state index contributed by atoms with van der Waals surface area (Å²) in [4.78, 5) is 18.9. The highest BCUT2D eigenvalue weighted by Crippen LogP contribution is 2.30. The van der Waals surface area contributed by atoms with Crippen molar-refractivity contribution in [1.82, 2.24) is 14.3 Å². The molecule has 2 atom stereocenters. The molecule has 8 heteroatoms. The van der Waals surface area contributed by atoms with Crippen molar-refractivity contribution in [3.63, 3.8) is 0 Å². The van der Waals surface area contributed by atoms with Gasteiger partial charge in [-0.25, -0.2) is 17.7 Å². The molecule has 0 amide bonds. The quantitative estimate of drug-likeness (QED) is 0.849. The number of benzene rings is 1. The van der Waals surface area contributed by atoms with E-state index in [1.807, 2.05) is 24.3 Å². The Morgan fingerprint density at radius 1 is 1.38 bits per heavy atom. The smallest absolute Gasteiger partial charge is 0.303 e. The Morgan fingerprint density at radius 3 is 2.79 bits per heavy atom. The van der Waals surface area contributed by atoms with E-state index in [1.165, 1.54) is 10.6 Å². The van der Waals surface area contributed by atoms with Crippen molar-refractivity contribution in [3.8, 4) is 0 Å². The van der Waals surface area contributed by atoms with E-state index in [2.05, 4.69) is 9.97 Å². The lowest BCUT2D eigenvalue weighted by Gasteiger charge is -2.36. The number of aliphatic carboxylic acids is 1. The molecular weight excluding hydrogens is 330 g/mol. The molecule has 1 aliphatic heterocycles. The Kier molecular flexibility index (Phi) is 4.60. The van der Waals surface area contributed by atoms with Gasteiger partial charge in [-0.05, 0) is 30.4 Å². The van der Waals surface area contributed by atoms with Gasteiger partial charge >= 0.3 is 5.97 Å². The van der Waals surface area contributed by atoms with E-state index in [1.54, 1.807) is 0 Å². The van der Waals surface area contributed by atoms with Gasteiger partial charge in [-0.1, -0.05) is 12.1 Å². The summed E-state index contributed by atoms with van der Waals surface area (Å²) in [5, 5.41) is 9.13. The summed E-state index contributed by atoms with van der Waals surface area (Å²) in [7, 11) is -3.27. The second-order valence-corrected chi connectivity index (χ2v) is 8.41. The number of para-hydroxylation sites is 2. The van der Waals surface area contributed by atoms with Crippen molar-refractivity contribution >= 4 is 27.0 Å². The lowest BCUT2D eigenvalue weighted by atomic mass is 9.82. The summed E-state index contributed by atoms with van der Waals surface area (Å²) < 4.78 is 25.1. The zero-order valence-corrected chi connectivity index (χ0v) is 14.3. The molecule has 2 aromatic rings. The van der Waals surface area contributed by atoms with Gasteiger partial charge in [-0.15, -0.1) is 0 Å². The van der Waals surface area contributed by atoms with E-state index in [-0.39, 0.29) is 18.3 Å². The molecule has 1 saturated heterocycles. The number of rotatable bonds is 5. The number of nitrogens with one attached hydrogen (secondary N) is 1. The van der Waals surface area contributed by atoms with E-state index < -0.39 is 16.0 Å². The maximum Gasteiger partial charge on any atom is 0.303 e. The van der Waals surface area contributed by atoms with Crippen molar-refractivity contribution in [2.24, 2.45) is 11.8 Å². The van der Waals surface area contributed by atoms with Gasteiger partial charge in [0.2, 0.25) is 10.0 Å². The minimum atomic E-state index is -3.27. The summed E-state index contributed by atoms with van der Waals surface area (Å²) in [6.45, 7) is 0.723. The van der Waals surface area contributed by atoms with Crippen molar-refractivity contribution < 1.29 is 18.3 Å². The number of imidazole rings is 1. The lowest BCUT2D eigenvalue weighted by Crippen LogP contribution is -2.44. The SMILES string of the molecule is CS(=O)(=O)N1CC[C@@H](CC(=O)O)[C@@H](Cc2nc3ccccc3[nH]2)C1. The molecule has 0 aliphatic carbocycles. The number of H-pyrrole nitrogens is 1. The number of aromatic nitrogens is 2. The van der Waals surface area contributed by atoms with Gasteiger partial charge in [0.25, 0.3) is 0 Å². The maximum absolute atomic E-state index is 11.8. The van der Waals surface area contributed by atoms with E-state index in [0.29, 0.717) is 25.9 Å². The Bertz CT molecular complexity index is 813. The maximum atomic E-state index is 11.8. The van der Waals surface area contributed by atoms with E-state index in [0.717, 1.165) is 16.9 Å². The van der Waals surface area contributed by atoms with Crippen LogP contribution in [-0.2, 0) is 21.2 Å². The Morgan fingerprint density at radius 2 is 2.12 bits per heavy atom. The minimum absolute atomic E-state index is 0.0475. The van der Waals surface area contributed by atoms with Gasteiger partial charge in [-0.3, -0.25) is 4.79 Å². The molecule has 0 unspecified atom stereocenters. The molecule has 0 radical (unpaired) electrons. The first-order valence-corrected chi connectivity index (χ1v) is 9.78. The number of carbonyl (C=O) groups is 1. The second-order valence-electron chi connectivity index (χ2n) is 6.43. The number of hydrogen-bond acceptors (Lipinski definition) is 4. The van der Waals surface area contributed by atoms with E-state index in [9.17, 15) is 13.2 Å². The van der Waals surface area contributed by atoms with Gasteiger partial charge in [0.15, 0.2) is 0 Å².